The molecule has 0 aromatic heterocycles. The number of fused-ring (bicyclic) bond motifs is 1. The van der Waals surface area contributed by atoms with E-state index in [2.05, 4.69) is 26.3 Å². The Bertz CT molecular complexity index is 1210. The van der Waals surface area contributed by atoms with Gasteiger partial charge >= 0.3 is 0 Å². The van der Waals surface area contributed by atoms with Crippen molar-refractivity contribution >= 4 is 27.5 Å². The number of benzene rings is 2. The molecule has 1 amide bonds. The highest BCUT2D eigenvalue weighted by atomic mass is 79.9. The van der Waals surface area contributed by atoms with Crippen LogP contribution in [0.5, 0.6) is 0 Å². The second-order valence-corrected chi connectivity index (χ2v) is 7.48. The number of amides is 1. The zero-order chi connectivity index (χ0) is 19.8. The van der Waals surface area contributed by atoms with Crippen LogP contribution in [0.4, 0.5) is 5.69 Å². The summed E-state index contributed by atoms with van der Waals surface area (Å²) in [5, 5.41) is 7.36. The summed E-state index contributed by atoms with van der Waals surface area (Å²) in [5.74, 6) is -0.315. The molecule has 7 heteroatoms. The van der Waals surface area contributed by atoms with E-state index in [1.807, 2.05) is 43.3 Å². The molecule has 2 heterocycles. The Morgan fingerprint density at radius 1 is 1.11 bits per heavy atom. The maximum Gasteiger partial charge on any atom is 0.282 e. The Hall–Kier alpha value is -3.19. The first-order valence-corrected chi connectivity index (χ1v) is 9.45. The van der Waals surface area contributed by atoms with Gasteiger partial charge in [-0.15, -0.1) is 0 Å². The average Bonchev–Trinajstić information content (AvgIpc) is 3.00. The van der Waals surface area contributed by atoms with Crippen LogP contribution in [0.25, 0.3) is 16.9 Å². The second-order valence-electron chi connectivity index (χ2n) is 6.57. The molecule has 0 spiro atoms. The van der Waals surface area contributed by atoms with Crippen molar-refractivity contribution in [3.63, 3.8) is 0 Å². The van der Waals surface area contributed by atoms with Crippen molar-refractivity contribution in [1.29, 1.82) is 0 Å². The minimum atomic E-state index is -0.315. The Balaban J connectivity index is 1.80. The lowest BCUT2D eigenvalue weighted by molar-refractivity contribution is 0.102. The van der Waals surface area contributed by atoms with Crippen LogP contribution in [-0.4, -0.2) is 20.3 Å². The number of carbonyl (C=O) groups excluding carboxylic acids is 1. The van der Waals surface area contributed by atoms with Crippen LogP contribution in [-0.2, 0) is 7.05 Å². The summed E-state index contributed by atoms with van der Waals surface area (Å²) in [6.07, 6.45) is 3.36. The van der Waals surface area contributed by atoms with Crippen LogP contribution < -0.4 is 10.9 Å². The molecule has 0 atom stereocenters. The smallest absolute Gasteiger partial charge is 0.282 e. The van der Waals surface area contributed by atoms with Gasteiger partial charge in [-0.1, -0.05) is 34.1 Å². The van der Waals surface area contributed by atoms with Gasteiger partial charge in [0, 0.05) is 29.6 Å². The number of hydrogen-bond acceptors (Lipinski definition) is 3. The second kappa shape index (κ2) is 7.09. The topological polar surface area (TPSA) is 68.9 Å². The van der Waals surface area contributed by atoms with Crippen molar-refractivity contribution in [2.75, 3.05) is 5.32 Å². The lowest BCUT2D eigenvalue weighted by Crippen LogP contribution is -2.17. The van der Waals surface area contributed by atoms with E-state index in [1.165, 1.54) is 4.68 Å². The van der Waals surface area contributed by atoms with Crippen molar-refractivity contribution in [1.82, 2.24) is 14.3 Å². The molecule has 0 saturated heterocycles. The van der Waals surface area contributed by atoms with Crippen LogP contribution in [0.15, 0.2) is 70.2 Å². The van der Waals surface area contributed by atoms with Gasteiger partial charge in [0.25, 0.3) is 11.5 Å². The summed E-state index contributed by atoms with van der Waals surface area (Å²) in [5.41, 5.74) is 3.14. The molecule has 2 aliphatic heterocycles. The van der Waals surface area contributed by atoms with E-state index >= 15 is 0 Å². The van der Waals surface area contributed by atoms with Gasteiger partial charge in [0.05, 0.1) is 16.8 Å². The number of nitrogens with one attached hydrogen (secondary N) is 1. The third kappa shape index (κ3) is 3.25. The summed E-state index contributed by atoms with van der Waals surface area (Å²) in [6.45, 7) is 1.92. The predicted molar refractivity (Wildman–Crippen MR) is 112 cm³/mol. The first kappa shape index (κ1) is 18.2. The zero-order valence-electron chi connectivity index (χ0n) is 15.3. The number of aryl methyl sites for hydroxylation is 2. The molecule has 2 aliphatic rings. The normalized spacial score (nSPS) is 11.0. The van der Waals surface area contributed by atoms with Gasteiger partial charge in [0.15, 0.2) is 0 Å². The molecule has 0 fully saturated rings. The minimum Gasteiger partial charge on any atom is -0.356 e. The third-order valence-corrected chi connectivity index (χ3v) is 4.97. The van der Waals surface area contributed by atoms with Crippen LogP contribution in [0.3, 0.4) is 0 Å². The molecule has 6 nitrogen and oxygen atoms in total. The summed E-state index contributed by atoms with van der Waals surface area (Å²) in [4.78, 5) is 25.8. The Kier molecular flexibility index (Phi) is 4.60. The lowest BCUT2D eigenvalue weighted by Gasteiger charge is -2.11. The lowest BCUT2D eigenvalue weighted by atomic mass is 10.1. The molecule has 140 valence electrons. The number of aromatic nitrogens is 3. The van der Waals surface area contributed by atoms with Crippen molar-refractivity contribution < 1.29 is 4.79 Å². The first-order valence-electron chi connectivity index (χ1n) is 8.66. The van der Waals surface area contributed by atoms with Crippen molar-refractivity contribution in [3.05, 3.63) is 86.9 Å². The average molecular weight is 437 g/mol. The summed E-state index contributed by atoms with van der Waals surface area (Å²) >= 11 is 3.42. The standard InChI is InChI=1S/C21H17BrN4O2/c1-13-10-14(22)8-9-18(13)23-20(27)16-11-25(2)12-17-19(16)24-26(21(17)28)15-6-4-3-5-7-15/h3-12H,1-2H3,(H,23,27). The van der Waals surface area contributed by atoms with Crippen LogP contribution in [0.1, 0.15) is 15.9 Å². The summed E-state index contributed by atoms with van der Waals surface area (Å²) < 4.78 is 3.96. The molecule has 2 aromatic rings. The minimum absolute atomic E-state index is 0.258. The predicted octanol–water partition coefficient (Wildman–Crippen LogP) is 4.00. The largest absolute Gasteiger partial charge is 0.356 e. The molecule has 0 radical (unpaired) electrons. The molecule has 0 saturated carbocycles. The number of nitrogens with zero attached hydrogens (tertiary/aromatic N) is 3. The first-order chi connectivity index (χ1) is 13.4. The number of hydrogen-bond donors (Lipinski definition) is 1. The highest BCUT2D eigenvalue weighted by Gasteiger charge is 2.24. The maximum atomic E-state index is 13.0. The number of anilines is 1. The fourth-order valence-electron chi connectivity index (χ4n) is 3.10. The summed E-state index contributed by atoms with van der Waals surface area (Å²) in [7, 11) is 1.78. The summed E-state index contributed by atoms with van der Waals surface area (Å²) in [6, 6.07) is 14.8. The Morgan fingerprint density at radius 2 is 1.86 bits per heavy atom. The van der Waals surface area contributed by atoms with Gasteiger partial charge in [-0.05, 0) is 42.8 Å². The van der Waals surface area contributed by atoms with Gasteiger partial charge in [-0.25, -0.2) is 0 Å². The molecular formula is C21H17BrN4O2. The fourth-order valence-corrected chi connectivity index (χ4v) is 3.58. The SMILES string of the molecule is Cc1cc(Br)ccc1NC(=O)c1cn(C)cc2c(=O)n(-c3ccccc3)nc1-2. The monoisotopic (exact) mass is 436 g/mol. The highest BCUT2D eigenvalue weighted by Crippen LogP contribution is 2.25. The Morgan fingerprint density at radius 3 is 2.57 bits per heavy atom. The number of rotatable bonds is 3. The van der Waals surface area contributed by atoms with Crippen molar-refractivity contribution in [2.45, 2.75) is 6.92 Å². The van der Waals surface area contributed by atoms with Crippen molar-refractivity contribution in [3.8, 4) is 16.9 Å². The number of carbonyl (C=O) groups is 1. The van der Waals surface area contributed by atoms with E-state index in [0.717, 1.165) is 10.0 Å². The van der Waals surface area contributed by atoms with E-state index in [4.69, 9.17) is 0 Å². The van der Waals surface area contributed by atoms with Gasteiger partial charge in [0.1, 0.15) is 5.69 Å². The van der Waals surface area contributed by atoms with Gasteiger partial charge in [-0.3, -0.25) is 9.59 Å². The van der Waals surface area contributed by atoms with Crippen LogP contribution in [0.2, 0.25) is 0 Å². The molecule has 28 heavy (non-hydrogen) atoms. The number of pyridine rings is 1. The quantitative estimate of drug-likeness (QED) is 0.527. The van der Waals surface area contributed by atoms with Gasteiger partial charge in [0.2, 0.25) is 0 Å². The number of para-hydroxylation sites is 1. The number of halogens is 1. The molecular weight excluding hydrogens is 420 g/mol. The molecule has 0 bridgehead atoms. The molecule has 2 aromatic carbocycles. The zero-order valence-corrected chi connectivity index (χ0v) is 16.9. The van der Waals surface area contributed by atoms with Gasteiger partial charge < -0.3 is 9.88 Å². The van der Waals surface area contributed by atoms with E-state index < -0.39 is 0 Å². The Labute approximate surface area is 169 Å². The van der Waals surface area contributed by atoms with Crippen LogP contribution >= 0.6 is 15.9 Å². The van der Waals surface area contributed by atoms with Crippen molar-refractivity contribution in [2.24, 2.45) is 7.05 Å². The molecule has 0 unspecified atom stereocenters. The molecule has 0 aliphatic carbocycles. The van der Waals surface area contributed by atoms with E-state index in [9.17, 15) is 9.59 Å². The highest BCUT2D eigenvalue weighted by molar-refractivity contribution is 9.10. The molecule has 4 rings (SSSR count). The molecule has 1 N–H and O–H groups in total. The maximum absolute atomic E-state index is 13.0. The van der Waals surface area contributed by atoms with E-state index in [1.54, 1.807) is 36.1 Å². The fraction of sp³-hybridized carbons (Fsp3) is 0.0952. The van der Waals surface area contributed by atoms with E-state index in [-0.39, 0.29) is 11.5 Å². The third-order valence-electron chi connectivity index (χ3n) is 4.48. The van der Waals surface area contributed by atoms with Gasteiger partial charge in [-0.2, -0.15) is 9.78 Å². The van der Waals surface area contributed by atoms with E-state index in [0.29, 0.717) is 28.2 Å². The van der Waals surface area contributed by atoms with Crippen LogP contribution in [0, 0.1) is 6.92 Å².